The Hall–Kier alpha value is -4.86. The Bertz CT molecular complexity index is 1710. The van der Waals surface area contributed by atoms with Crippen molar-refractivity contribution in [3.8, 4) is 28.8 Å². The van der Waals surface area contributed by atoms with E-state index in [1.165, 1.54) is 12.4 Å². The second-order valence-corrected chi connectivity index (χ2v) is 11.2. The zero-order chi connectivity index (χ0) is 31.3. The average molecular weight is 599 g/mol. The summed E-state index contributed by atoms with van der Waals surface area (Å²) in [6.45, 7) is 5.65. The first-order chi connectivity index (χ1) is 21.2. The minimum absolute atomic E-state index is 0.0537. The quantitative estimate of drug-likeness (QED) is 0.152. The molecule has 228 valence electrons. The number of rotatable bonds is 10. The maximum absolute atomic E-state index is 15.6. The van der Waals surface area contributed by atoms with Crippen molar-refractivity contribution < 1.29 is 18.7 Å². The fourth-order valence-electron chi connectivity index (χ4n) is 5.35. The molecule has 4 aromatic rings. The SMILES string of the molecule is COCCNC(C)(C)/C=C(/C#N)C(=O)N1CCC[C@H](n2nc(-c3ccc(Oc4ccccc4)cc3F)c3c(N)ncnc32)C1. The molecule has 3 N–H and O–H groups in total. The molecule has 11 nitrogen and oxygen atoms in total. The molecule has 1 amide bonds. The third-order valence-corrected chi connectivity index (χ3v) is 7.47. The highest BCUT2D eigenvalue weighted by Crippen LogP contribution is 2.36. The van der Waals surface area contributed by atoms with Crippen molar-refractivity contribution >= 4 is 22.8 Å². The summed E-state index contributed by atoms with van der Waals surface area (Å²) in [6, 6.07) is 15.5. The van der Waals surface area contributed by atoms with Crippen LogP contribution >= 0.6 is 0 Å². The van der Waals surface area contributed by atoms with Crippen molar-refractivity contribution in [1.29, 1.82) is 5.26 Å². The Labute approximate surface area is 255 Å². The third-order valence-electron chi connectivity index (χ3n) is 7.47. The number of methoxy groups -OCH3 is 1. The molecule has 1 aliphatic heterocycles. The van der Waals surface area contributed by atoms with E-state index in [0.717, 1.165) is 0 Å². The average Bonchev–Trinajstić information content (AvgIpc) is 3.41. The van der Waals surface area contributed by atoms with Crippen LogP contribution < -0.4 is 15.8 Å². The van der Waals surface area contributed by atoms with Crippen molar-refractivity contribution in [2.24, 2.45) is 0 Å². The van der Waals surface area contributed by atoms with Gasteiger partial charge in [0.2, 0.25) is 0 Å². The lowest BCUT2D eigenvalue weighted by atomic mass is 9.99. The van der Waals surface area contributed by atoms with Crippen LogP contribution in [0.15, 0.2) is 66.5 Å². The molecule has 0 radical (unpaired) electrons. The van der Waals surface area contributed by atoms with Gasteiger partial charge in [-0.15, -0.1) is 0 Å². The molecule has 0 aliphatic carbocycles. The summed E-state index contributed by atoms with van der Waals surface area (Å²) in [4.78, 5) is 23.8. The standard InChI is InChI=1S/C32H35FN8O3/c1-32(2,38-13-15-43-3)17-21(18-34)31(42)40-14-7-8-22(19-40)41-30-27(29(35)36-20-37-30)28(39-41)25-12-11-24(16-26(25)33)44-23-9-5-4-6-10-23/h4-6,9-12,16-17,20,22,38H,7-8,13-15,19H2,1-3H3,(H2,35,36,37)/b21-17-/t22-/m0/s1. The van der Waals surface area contributed by atoms with Gasteiger partial charge in [-0.1, -0.05) is 18.2 Å². The number of nitrogens with one attached hydrogen (secondary N) is 1. The van der Waals surface area contributed by atoms with Crippen LogP contribution in [0.1, 0.15) is 32.7 Å². The Morgan fingerprint density at radius 3 is 2.75 bits per heavy atom. The van der Waals surface area contributed by atoms with Gasteiger partial charge in [0.05, 0.1) is 18.0 Å². The van der Waals surface area contributed by atoms with E-state index in [-0.39, 0.29) is 28.9 Å². The first kappa shape index (κ1) is 30.6. The van der Waals surface area contributed by atoms with Crippen LogP contribution in [0.4, 0.5) is 10.2 Å². The molecule has 1 aliphatic rings. The fourth-order valence-corrected chi connectivity index (χ4v) is 5.35. The number of nitrogens with zero attached hydrogens (tertiary/aromatic N) is 6. The summed E-state index contributed by atoms with van der Waals surface area (Å²) in [5, 5.41) is 18.4. The monoisotopic (exact) mass is 598 g/mol. The molecule has 2 aromatic heterocycles. The van der Waals surface area contributed by atoms with Gasteiger partial charge in [-0.2, -0.15) is 10.4 Å². The highest BCUT2D eigenvalue weighted by atomic mass is 19.1. The number of nitriles is 1. The highest BCUT2D eigenvalue weighted by Gasteiger charge is 2.31. The second-order valence-electron chi connectivity index (χ2n) is 11.2. The number of fused-ring (bicyclic) bond motifs is 1. The van der Waals surface area contributed by atoms with E-state index in [2.05, 4.69) is 21.4 Å². The lowest BCUT2D eigenvalue weighted by molar-refractivity contribution is -0.128. The zero-order valence-electron chi connectivity index (χ0n) is 25.0. The summed E-state index contributed by atoms with van der Waals surface area (Å²) in [7, 11) is 1.61. The smallest absolute Gasteiger partial charge is 0.264 e. The number of benzene rings is 2. The Kier molecular flexibility index (Phi) is 9.18. The number of anilines is 1. The number of nitrogen functional groups attached to an aromatic ring is 1. The van der Waals surface area contributed by atoms with Crippen molar-refractivity contribution in [3.05, 3.63) is 72.3 Å². The number of carbonyl (C=O) groups excluding carboxylic acids is 1. The summed E-state index contributed by atoms with van der Waals surface area (Å²) >= 11 is 0. The Morgan fingerprint density at radius 2 is 2.02 bits per heavy atom. The van der Waals surface area contributed by atoms with Gasteiger partial charge in [0.1, 0.15) is 46.8 Å². The van der Waals surface area contributed by atoms with Crippen molar-refractivity contribution in [2.45, 2.75) is 38.3 Å². The maximum Gasteiger partial charge on any atom is 0.264 e. The van der Waals surface area contributed by atoms with Gasteiger partial charge in [-0.25, -0.2) is 19.0 Å². The first-order valence-electron chi connectivity index (χ1n) is 14.4. The second kappa shape index (κ2) is 13.2. The predicted octanol–water partition coefficient (Wildman–Crippen LogP) is 4.63. The number of aromatic nitrogens is 4. The number of likely N-dealkylation sites (tertiary alicyclic amines) is 1. The molecule has 0 saturated carbocycles. The Morgan fingerprint density at radius 1 is 1.23 bits per heavy atom. The van der Waals surface area contributed by atoms with E-state index in [1.54, 1.807) is 47.0 Å². The van der Waals surface area contributed by atoms with Gasteiger partial charge in [0.15, 0.2) is 5.65 Å². The molecule has 0 unspecified atom stereocenters. The minimum Gasteiger partial charge on any atom is -0.457 e. The van der Waals surface area contributed by atoms with Crippen LogP contribution in [-0.4, -0.2) is 69.4 Å². The number of halogens is 1. The van der Waals surface area contributed by atoms with E-state index in [0.29, 0.717) is 67.3 Å². The van der Waals surface area contributed by atoms with E-state index in [9.17, 15) is 10.1 Å². The predicted molar refractivity (Wildman–Crippen MR) is 164 cm³/mol. The molecule has 0 bridgehead atoms. The van der Waals surface area contributed by atoms with Crippen LogP contribution in [-0.2, 0) is 9.53 Å². The maximum atomic E-state index is 15.6. The topological polar surface area (TPSA) is 144 Å². The lowest BCUT2D eigenvalue weighted by Crippen LogP contribution is -2.43. The number of hydrogen-bond acceptors (Lipinski definition) is 9. The van der Waals surface area contributed by atoms with Gasteiger partial charge < -0.3 is 25.4 Å². The summed E-state index contributed by atoms with van der Waals surface area (Å²) in [6.07, 6.45) is 4.37. The number of ether oxygens (including phenoxy) is 2. The van der Waals surface area contributed by atoms with Crippen LogP contribution in [0, 0.1) is 17.1 Å². The number of hydrogen-bond donors (Lipinski definition) is 2. The zero-order valence-corrected chi connectivity index (χ0v) is 25.0. The van der Waals surface area contributed by atoms with Gasteiger partial charge in [-0.3, -0.25) is 4.79 Å². The number of para-hydroxylation sites is 1. The van der Waals surface area contributed by atoms with Gasteiger partial charge >= 0.3 is 0 Å². The van der Waals surface area contributed by atoms with Crippen molar-refractivity contribution in [1.82, 2.24) is 30.0 Å². The van der Waals surface area contributed by atoms with E-state index in [4.69, 9.17) is 20.3 Å². The normalized spacial score (nSPS) is 15.8. The third kappa shape index (κ3) is 6.69. The number of nitrogens with two attached hydrogens (primary N) is 1. The molecule has 2 aromatic carbocycles. The van der Waals surface area contributed by atoms with Gasteiger partial charge in [0, 0.05) is 43.9 Å². The van der Waals surface area contributed by atoms with E-state index in [1.807, 2.05) is 32.0 Å². The molecule has 3 heterocycles. The minimum atomic E-state index is -0.596. The molecule has 5 rings (SSSR count). The number of amides is 1. The molecular formula is C32H35FN8O3. The lowest BCUT2D eigenvalue weighted by Gasteiger charge is -2.33. The van der Waals surface area contributed by atoms with Crippen molar-refractivity contribution in [3.63, 3.8) is 0 Å². The van der Waals surface area contributed by atoms with E-state index < -0.39 is 11.4 Å². The fraction of sp³-hybridized carbons (Fsp3) is 0.344. The van der Waals surface area contributed by atoms with Gasteiger partial charge in [-0.05, 0) is 57.0 Å². The van der Waals surface area contributed by atoms with Crippen LogP contribution in [0.2, 0.25) is 0 Å². The molecular weight excluding hydrogens is 563 g/mol. The van der Waals surface area contributed by atoms with Crippen LogP contribution in [0.5, 0.6) is 11.5 Å². The molecule has 1 fully saturated rings. The number of carbonyl (C=O) groups is 1. The molecule has 1 saturated heterocycles. The first-order valence-corrected chi connectivity index (χ1v) is 14.4. The largest absolute Gasteiger partial charge is 0.457 e. The van der Waals surface area contributed by atoms with Crippen LogP contribution in [0.25, 0.3) is 22.3 Å². The summed E-state index contributed by atoms with van der Waals surface area (Å²) in [5.74, 6) is 0.194. The summed E-state index contributed by atoms with van der Waals surface area (Å²) < 4.78 is 28.1. The Balaban J connectivity index is 1.43. The van der Waals surface area contributed by atoms with Gasteiger partial charge in [0.25, 0.3) is 5.91 Å². The molecule has 44 heavy (non-hydrogen) atoms. The molecule has 1 atom stereocenters. The number of piperidine rings is 1. The molecule has 12 heteroatoms. The van der Waals surface area contributed by atoms with Crippen LogP contribution in [0.3, 0.4) is 0 Å². The van der Waals surface area contributed by atoms with Crippen molar-refractivity contribution in [2.75, 3.05) is 39.1 Å². The molecule has 0 spiro atoms. The summed E-state index contributed by atoms with van der Waals surface area (Å²) in [5.41, 5.74) is 6.70. The van der Waals surface area contributed by atoms with E-state index >= 15 is 4.39 Å². The highest BCUT2D eigenvalue weighted by molar-refractivity contribution is 5.99.